The number of aryl methyl sites for hydroxylation is 1. The van der Waals surface area contributed by atoms with Gasteiger partial charge in [0.2, 0.25) is 0 Å². The summed E-state index contributed by atoms with van der Waals surface area (Å²) in [6, 6.07) is 8.59. The minimum Gasteiger partial charge on any atom is -0.357 e. The Balaban J connectivity index is 0.00000312. The van der Waals surface area contributed by atoms with Crippen molar-refractivity contribution in [1.29, 1.82) is 0 Å². The summed E-state index contributed by atoms with van der Waals surface area (Å²) in [5, 5.41) is 6.64. The molecule has 2 N–H and O–H groups in total. The Morgan fingerprint density at radius 3 is 2.76 bits per heavy atom. The molecule has 0 aliphatic heterocycles. The van der Waals surface area contributed by atoms with Gasteiger partial charge < -0.3 is 15.2 Å². The van der Waals surface area contributed by atoms with Crippen LogP contribution in [0.5, 0.6) is 0 Å². The quantitative estimate of drug-likeness (QED) is 0.268. The molecule has 25 heavy (non-hydrogen) atoms. The predicted molar refractivity (Wildman–Crippen MR) is 119 cm³/mol. The van der Waals surface area contributed by atoms with Gasteiger partial charge in [0.15, 0.2) is 5.96 Å². The van der Waals surface area contributed by atoms with Crippen molar-refractivity contribution < 1.29 is 0 Å². The molecule has 0 saturated carbocycles. The topological polar surface area (TPSA) is 54.2 Å². The van der Waals surface area contributed by atoms with Gasteiger partial charge in [0.1, 0.15) is 5.82 Å². The Kier molecular flexibility index (Phi) is 10.6. The van der Waals surface area contributed by atoms with Gasteiger partial charge in [-0.15, -0.1) is 24.0 Å². The van der Waals surface area contributed by atoms with Crippen molar-refractivity contribution in [3.05, 3.63) is 53.6 Å². The molecule has 1 aromatic carbocycles. The summed E-state index contributed by atoms with van der Waals surface area (Å²) >= 11 is 1.83. The maximum atomic E-state index is 4.68. The monoisotopic (exact) mass is 473 g/mol. The van der Waals surface area contributed by atoms with E-state index in [-0.39, 0.29) is 24.0 Å². The molecule has 2 aromatic rings. The molecule has 0 aliphatic carbocycles. The van der Waals surface area contributed by atoms with Gasteiger partial charge in [0, 0.05) is 37.8 Å². The van der Waals surface area contributed by atoms with Crippen LogP contribution in [-0.4, -0.2) is 40.6 Å². The molecule has 0 saturated heterocycles. The average molecular weight is 473 g/mol. The minimum atomic E-state index is 0. The molecule has 0 aliphatic rings. The van der Waals surface area contributed by atoms with Gasteiger partial charge in [0.25, 0.3) is 0 Å². The fraction of sp³-hybridized carbons (Fsp3) is 0.444. The van der Waals surface area contributed by atoms with Crippen LogP contribution >= 0.6 is 35.7 Å². The van der Waals surface area contributed by atoms with Gasteiger partial charge in [-0.2, -0.15) is 11.8 Å². The normalized spacial score (nSPS) is 11.1. The van der Waals surface area contributed by atoms with Gasteiger partial charge in [-0.05, 0) is 31.2 Å². The Bertz CT molecular complexity index is 656. The maximum Gasteiger partial charge on any atom is 0.191 e. The van der Waals surface area contributed by atoms with E-state index in [1.165, 1.54) is 11.1 Å². The highest BCUT2D eigenvalue weighted by molar-refractivity contribution is 14.0. The van der Waals surface area contributed by atoms with Crippen molar-refractivity contribution >= 4 is 41.7 Å². The lowest BCUT2D eigenvalue weighted by Crippen LogP contribution is -2.38. The molecular formula is C18H28IN5S. The second-order valence-corrected chi connectivity index (χ2v) is 6.52. The minimum absolute atomic E-state index is 0. The number of halogens is 1. The van der Waals surface area contributed by atoms with E-state index in [4.69, 9.17) is 0 Å². The van der Waals surface area contributed by atoms with E-state index in [0.29, 0.717) is 6.54 Å². The van der Waals surface area contributed by atoms with Crippen molar-refractivity contribution in [3.63, 3.8) is 0 Å². The van der Waals surface area contributed by atoms with Crippen LogP contribution in [-0.2, 0) is 13.1 Å². The third-order valence-electron chi connectivity index (χ3n) is 3.63. The molecule has 0 fully saturated rings. The molecule has 1 aromatic heterocycles. The second-order valence-electron chi connectivity index (χ2n) is 5.54. The first-order chi connectivity index (χ1) is 11.7. The molecule has 1 heterocycles. The number of rotatable bonds is 8. The average Bonchev–Trinajstić information content (AvgIpc) is 2.98. The summed E-state index contributed by atoms with van der Waals surface area (Å²) < 4.78 is 2.15. The summed E-state index contributed by atoms with van der Waals surface area (Å²) in [5.74, 6) is 2.98. The summed E-state index contributed by atoms with van der Waals surface area (Å²) in [5.41, 5.74) is 2.48. The standard InChI is InChI=1S/C18H27N5S.HI/c1-4-19-18(21-9-11-24-3)22-13-16-6-5-7-17(12-16)14-23-10-8-20-15(23)2;/h5-8,10,12H,4,9,11,13-14H2,1-3H3,(H2,19,21,22);1H. The van der Waals surface area contributed by atoms with Crippen LogP contribution in [0.4, 0.5) is 0 Å². The van der Waals surface area contributed by atoms with Crippen LogP contribution in [0.3, 0.4) is 0 Å². The van der Waals surface area contributed by atoms with Gasteiger partial charge in [0.05, 0.1) is 6.54 Å². The lowest BCUT2D eigenvalue weighted by molar-refractivity contribution is 0.760. The lowest BCUT2D eigenvalue weighted by atomic mass is 10.1. The van der Waals surface area contributed by atoms with Gasteiger partial charge >= 0.3 is 0 Å². The first-order valence-electron chi connectivity index (χ1n) is 8.29. The van der Waals surface area contributed by atoms with E-state index in [1.807, 2.05) is 31.1 Å². The van der Waals surface area contributed by atoms with E-state index >= 15 is 0 Å². The largest absolute Gasteiger partial charge is 0.357 e. The summed E-state index contributed by atoms with van der Waals surface area (Å²) in [7, 11) is 0. The number of aliphatic imine (C=N–C) groups is 1. The Morgan fingerprint density at radius 1 is 1.28 bits per heavy atom. The zero-order valence-electron chi connectivity index (χ0n) is 15.2. The lowest BCUT2D eigenvalue weighted by Gasteiger charge is -2.11. The van der Waals surface area contributed by atoms with Crippen LogP contribution < -0.4 is 10.6 Å². The van der Waals surface area contributed by atoms with Gasteiger partial charge in [-0.1, -0.05) is 24.3 Å². The predicted octanol–water partition coefficient (Wildman–Crippen LogP) is 3.28. The van der Waals surface area contributed by atoms with E-state index in [2.05, 4.69) is 62.6 Å². The number of hydrogen-bond acceptors (Lipinski definition) is 3. The molecular weight excluding hydrogens is 445 g/mol. The van der Waals surface area contributed by atoms with Crippen LogP contribution in [0.25, 0.3) is 0 Å². The molecule has 2 rings (SSSR count). The molecule has 5 nitrogen and oxygen atoms in total. The van der Waals surface area contributed by atoms with E-state index in [0.717, 1.165) is 37.2 Å². The van der Waals surface area contributed by atoms with Crippen LogP contribution in [0.15, 0.2) is 41.7 Å². The van der Waals surface area contributed by atoms with Crippen molar-refractivity contribution in [2.45, 2.75) is 26.9 Å². The SMILES string of the molecule is CCNC(=NCc1cccc(Cn2ccnc2C)c1)NCCSC.I. The van der Waals surface area contributed by atoms with Crippen LogP contribution in [0, 0.1) is 6.92 Å². The van der Waals surface area contributed by atoms with Crippen molar-refractivity contribution in [2.24, 2.45) is 4.99 Å². The first-order valence-corrected chi connectivity index (χ1v) is 9.69. The van der Waals surface area contributed by atoms with E-state index < -0.39 is 0 Å². The van der Waals surface area contributed by atoms with Gasteiger partial charge in [-0.25, -0.2) is 9.98 Å². The third kappa shape index (κ3) is 7.68. The highest BCUT2D eigenvalue weighted by atomic mass is 127. The van der Waals surface area contributed by atoms with Crippen LogP contribution in [0.2, 0.25) is 0 Å². The highest BCUT2D eigenvalue weighted by Crippen LogP contribution is 2.09. The number of nitrogens with zero attached hydrogens (tertiary/aromatic N) is 3. The number of aromatic nitrogens is 2. The zero-order chi connectivity index (χ0) is 17.2. The summed E-state index contributed by atoms with van der Waals surface area (Å²) in [6.07, 6.45) is 5.96. The first kappa shape index (κ1) is 21.8. The highest BCUT2D eigenvalue weighted by Gasteiger charge is 2.01. The maximum absolute atomic E-state index is 4.68. The smallest absolute Gasteiger partial charge is 0.191 e. The van der Waals surface area contributed by atoms with Crippen molar-refractivity contribution in [3.8, 4) is 0 Å². The van der Waals surface area contributed by atoms with Crippen molar-refractivity contribution in [2.75, 3.05) is 25.1 Å². The summed E-state index contributed by atoms with van der Waals surface area (Å²) in [4.78, 5) is 8.95. The molecule has 138 valence electrons. The Hall–Kier alpha value is -1.22. The number of imidazole rings is 1. The number of thioether (sulfide) groups is 1. The fourth-order valence-corrected chi connectivity index (χ4v) is 2.68. The fourth-order valence-electron chi connectivity index (χ4n) is 2.38. The Labute approximate surface area is 172 Å². The zero-order valence-corrected chi connectivity index (χ0v) is 18.3. The molecule has 0 unspecified atom stereocenters. The number of guanidine groups is 1. The summed E-state index contributed by atoms with van der Waals surface area (Å²) in [6.45, 7) is 7.41. The number of hydrogen-bond donors (Lipinski definition) is 2. The van der Waals surface area contributed by atoms with E-state index in [9.17, 15) is 0 Å². The van der Waals surface area contributed by atoms with Crippen molar-refractivity contribution in [1.82, 2.24) is 20.2 Å². The molecule has 0 atom stereocenters. The molecule has 0 radical (unpaired) electrons. The molecule has 0 bridgehead atoms. The number of nitrogens with one attached hydrogen (secondary N) is 2. The van der Waals surface area contributed by atoms with Gasteiger partial charge in [-0.3, -0.25) is 0 Å². The molecule has 7 heteroatoms. The Morgan fingerprint density at radius 2 is 2.08 bits per heavy atom. The number of benzene rings is 1. The molecule has 0 spiro atoms. The van der Waals surface area contributed by atoms with E-state index in [1.54, 1.807) is 0 Å². The third-order valence-corrected chi connectivity index (χ3v) is 4.24. The molecule has 0 amide bonds. The second kappa shape index (κ2) is 12.2. The van der Waals surface area contributed by atoms with Crippen LogP contribution in [0.1, 0.15) is 23.9 Å².